The molecular formula is C8H17N3O2. The molecule has 0 bridgehead atoms. The van der Waals surface area contributed by atoms with Gasteiger partial charge in [-0.2, -0.15) is 0 Å². The van der Waals surface area contributed by atoms with E-state index in [9.17, 15) is 9.59 Å². The number of hydrogen-bond acceptors (Lipinski definition) is 3. The number of hydrazine groups is 1. The van der Waals surface area contributed by atoms with Gasteiger partial charge in [0.1, 0.15) is 0 Å². The van der Waals surface area contributed by atoms with Gasteiger partial charge in [-0.05, 0) is 13.3 Å². The maximum atomic E-state index is 10.9. The van der Waals surface area contributed by atoms with Crippen LogP contribution in [0.5, 0.6) is 0 Å². The molecule has 2 amide bonds. The van der Waals surface area contributed by atoms with Crippen LogP contribution in [-0.2, 0) is 9.59 Å². The number of amides is 2. The third-order valence-corrected chi connectivity index (χ3v) is 1.71. The summed E-state index contributed by atoms with van der Waals surface area (Å²) in [6.45, 7) is 3.93. The molecule has 4 N–H and O–H groups in total. The summed E-state index contributed by atoms with van der Waals surface area (Å²) in [6, 6.07) is 0.0183. The zero-order valence-electron chi connectivity index (χ0n) is 8.09. The van der Waals surface area contributed by atoms with E-state index in [0.717, 1.165) is 19.3 Å². The summed E-state index contributed by atoms with van der Waals surface area (Å²) in [4.78, 5) is 21.6. The molecule has 13 heavy (non-hydrogen) atoms. The van der Waals surface area contributed by atoms with E-state index >= 15 is 0 Å². The largest absolute Gasteiger partial charge is 0.345 e. The Hall–Kier alpha value is -1.10. The van der Waals surface area contributed by atoms with E-state index in [0.29, 0.717) is 0 Å². The number of hydrogen-bond donors (Lipinski definition) is 3. The number of nitrogens with one attached hydrogen (secondary N) is 2. The minimum atomic E-state index is -0.802. The molecular weight excluding hydrogens is 170 g/mol. The van der Waals surface area contributed by atoms with Gasteiger partial charge in [-0.3, -0.25) is 15.0 Å². The van der Waals surface area contributed by atoms with E-state index in [4.69, 9.17) is 5.84 Å². The molecule has 0 fully saturated rings. The maximum Gasteiger partial charge on any atom is 0.323 e. The molecule has 1 atom stereocenters. The fourth-order valence-electron chi connectivity index (χ4n) is 0.937. The fourth-order valence-corrected chi connectivity index (χ4v) is 0.937. The molecule has 0 aliphatic heterocycles. The summed E-state index contributed by atoms with van der Waals surface area (Å²) in [7, 11) is 0. The Kier molecular flexibility index (Phi) is 5.88. The lowest BCUT2D eigenvalue weighted by molar-refractivity contribution is -0.139. The molecule has 5 heteroatoms. The van der Waals surface area contributed by atoms with Gasteiger partial charge in [0.25, 0.3) is 0 Å². The first-order valence-electron chi connectivity index (χ1n) is 4.43. The van der Waals surface area contributed by atoms with Crippen molar-refractivity contribution >= 4 is 11.8 Å². The number of carbonyl (C=O) groups is 2. The molecule has 0 aliphatic rings. The van der Waals surface area contributed by atoms with Gasteiger partial charge >= 0.3 is 11.8 Å². The lowest BCUT2D eigenvalue weighted by Gasteiger charge is -2.11. The highest BCUT2D eigenvalue weighted by atomic mass is 16.2. The smallest absolute Gasteiger partial charge is 0.323 e. The summed E-state index contributed by atoms with van der Waals surface area (Å²) in [6.07, 6.45) is 2.98. The molecule has 0 spiro atoms. The van der Waals surface area contributed by atoms with Crippen molar-refractivity contribution in [2.75, 3.05) is 0 Å². The molecule has 0 aromatic rings. The van der Waals surface area contributed by atoms with E-state index in [1.54, 1.807) is 5.43 Å². The van der Waals surface area contributed by atoms with Crippen LogP contribution in [-0.4, -0.2) is 17.9 Å². The minimum absolute atomic E-state index is 0.0183. The van der Waals surface area contributed by atoms with Crippen molar-refractivity contribution in [1.29, 1.82) is 0 Å². The van der Waals surface area contributed by atoms with E-state index in [-0.39, 0.29) is 6.04 Å². The summed E-state index contributed by atoms with van der Waals surface area (Å²) in [5, 5.41) is 2.53. The average Bonchev–Trinajstić information content (AvgIpc) is 2.13. The van der Waals surface area contributed by atoms with Crippen LogP contribution < -0.4 is 16.6 Å². The Bertz CT molecular complexity index is 182. The van der Waals surface area contributed by atoms with Crippen molar-refractivity contribution < 1.29 is 9.59 Å². The summed E-state index contributed by atoms with van der Waals surface area (Å²) in [5.41, 5.74) is 1.78. The second-order valence-electron chi connectivity index (χ2n) is 2.99. The van der Waals surface area contributed by atoms with Crippen LogP contribution in [0.1, 0.15) is 33.1 Å². The topological polar surface area (TPSA) is 84.2 Å². The Balaban J connectivity index is 3.71. The van der Waals surface area contributed by atoms with Gasteiger partial charge in [0, 0.05) is 6.04 Å². The van der Waals surface area contributed by atoms with Crippen LogP contribution >= 0.6 is 0 Å². The fraction of sp³-hybridized carbons (Fsp3) is 0.750. The van der Waals surface area contributed by atoms with E-state index < -0.39 is 11.8 Å². The standard InChI is InChI=1S/C8H17N3O2/c1-3-4-5-6(2)10-7(12)8(13)11-9/h6H,3-5,9H2,1-2H3,(H,10,12)(H,11,13). The predicted octanol–water partition coefficient (Wildman–Crippen LogP) is -0.329. The average molecular weight is 187 g/mol. The number of rotatable bonds is 4. The normalized spacial score (nSPS) is 11.9. The SMILES string of the molecule is CCCCC(C)NC(=O)C(=O)NN. The molecule has 0 aliphatic carbocycles. The highest BCUT2D eigenvalue weighted by Gasteiger charge is 2.13. The second kappa shape index (κ2) is 6.42. The first kappa shape index (κ1) is 11.9. The molecule has 0 radical (unpaired) electrons. The molecule has 0 aromatic carbocycles. The Morgan fingerprint density at radius 2 is 2.00 bits per heavy atom. The zero-order valence-corrected chi connectivity index (χ0v) is 8.09. The van der Waals surface area contributed by atoms with Crippen molar-refractivity contribution in [3.05, 3.63) is 0 Å². The lowest BCUT2D eigenvalue weighted by atomic mass is 10.1. The van der Waals surface area contributed by atoms with Gasteiger partial charge in [-0.15, -0.1) is 0 Å². The second-order valence-corrected chi connectivity index (χ2v) is 2.99. The van der Waals surface area contributed by atoms with Gasteiger partial charge in [-0.1, -0.05) is 19.8 Å². The first-order chi connectivity index (χ1) is 6.11. The molecule has 1 unspecified atom stereocenters. The van der Waals surface area contributed by atoms with E-state index in [1.165, 1.54) is 0 Å². The molecule has 0 saturated heterocycles. The van der Waals surface area contributed by atoms with E-state index in [1.807, 2.05) is 6.92 Å². The third kappa shape index (κ3) is 5.19. The van der Waals surface area contributed by atoms with Crippen molar-refractivity contribution in [2.45, 2.75) is 39.2 Å². The van der Waals surface area contributed by atoms with Gasteiger partial charge < -0.3 is 5.32 Å². The van der Waals surface area contributed by atoms with Crippen molar-refractivity contribution in [3.8, 4) is 0 Å². The van der Waals surface area contributed by atoms with Gasteiger partial charge in [0.15, 0.2) is 0 Å². The Morgan fingerprint density at radius 3 is 2.46 bits per heavy atom. The van der Waals surface area contributed by atoms with Crippen molar-refractivity contribution in [3.63, 3.8) is 0 Å². The van der Waals surface area contributed by atoms with E-state index in [2.05, 4.69) is 12.2 Å². The van der Waals surface area contributed by atoms with Crippen LogP contribution in [0.2, 0.25) is 0 Å². The number of unbranched alkanes of at least 4 members (excludes halogenated alkanes) is 1. The molecule has 0 rings (SSSR count). The number of nitrogens with two attached hydrogens (primary N) is 1. The van der Waals surface area contributed by atoms with Crippen LogP contribution in [0.15, 0.2) is 0 Å². The van der Waals surface area contributed by atoms with Gasteiger partial charge in [0.05, 0.1) is 0 Å². The summed E-state index contributed by atoms with van der Waals surface area (Å²) in [5.74, 6) is 3.31. The van der Waals surface area contributed by atoms with Crippen molar-refractivity contribution in [1.82, 2.24) is 10.7 Å². The maximum absolute atomic E-state index is 10.9. The highest BCUT2D eigenvalue weighted by molar-refractivity contribution is 6.34. The third-order valence-electron chi connectivity index (χ3n) is 1.71. The minimum Gasteiger partial charge on any atom is -0.345 e. The highest BCUT2D eigenvalue weighted by Crippen LogP contribution is 1.98. The predicted molar refractivity (Wildman–Crippen MR) is 49.5 cm³/mol. The van der Waals surface area contributed by atoms with Gasteiger partial charge in [0.2, 0.25) is 0 Å². The summed E-state index contributed by atoms with van der Waals surface area (Å²) < 4.78 is 0. The Labute approximate surface area is 78.0 Å². The quantitative estimate of drug-likeness (QED) is 0.244. The molecule has 5 nitrogen and oxygen atoms in total. The zero-order chi connectivity index (χ0) is 10.3. The number of carbonyl (C=O) groups excluding carboxylic acids is 2. The summed E-state index contributed by atoms with van der Waals surface area (Å²) >= 11 is 0. The Morgan fingerprint density at radius 1 is 1.38 bits per heavy atom. The molecule has 76 valence electrons. The first-order valence-corrected chi connectivity index (χ1v) is 4.43. The molecule has 0 heterocycles. The molecule has 0 saturated carbocycles. The lowest BCUT2D eigenvalue weighted by Crippen LogP contribution is -2.46. The van der Waals surface area contributed by atoms with Crippen LogP contribution in [0.25, 0.3) is 0 Å². The van der Waals surface area contributed by atoms with Crippen LogP contribution in [0.3, 0.4) is 0 Å². The molecule has 0 aromatic heterocycles. The van der Waals surface area contributed by atoms with Crippen molar-refractivity contribution in [2.24, 2.45) is 5.84 Å². The van der Waals surface area contributed by atoms with Crippen LogP contribution in [0, 0.1) is 0 Å². The van der Waals surface area contributed by atoms with Gasteiger partial charge in [-0.25, -0.2) is 5.84 Å². The monoisotopic (exact) mass is 187 g/mol. The van der Waals surface area contributed by atoms with Crippen LogP contribution in [0.4, 0.5) is 0 Å².